The van der Waals surface area contributed by atoms with Gasteiger partial charge in [-0.3, -0.25) is 14.4 Å². The average molecular weight is 587 g/mol. The van der Waals surface area contributed by atoms with Crippen LogP contribution in [0.25, 0.3) is 6.08 Å². The number of Topliss-reactive ketones (excluding diaryl/α,β-unsaturated/α-hetero) is 2. The number of carbonyl (C=O) groups excluding carboxylic acids is 3. The van der Waals surface area contributed by atoms with E-state index in [1.165, 1.54) is 21.3 Å². The van der Waals surface area contributed by atoms with E-state index in [4.69, 9.17) is 14.2 Å². The van der Waals surface area contributed by atoms with Crippen LogP contribution in [0.1, 0.15) is 43.4 Å². The van der Waals surface area contributed by atoms with Crippen molar-refractivity contribution in [1.82, 2.24) is 4.90 Å². The summed E-state index contributed by atoms with van der Waals surface area (Å²) in [4.78, 5) is 46.3. The van der Waals surface area contributed by atoms with E-state index >= 15 is 4.79 Å². The maximum Gasteiger partial charge on any atom is 0.238 e. The van der Waals surface area contributed by atoms with E-state index in [1.807, 2.05) is 71.8 Å². The Hall–Kier alpha value is -5.37. The lowest BCUT2D eigenvalue weighted by Crippen LogP contribution is -2.49. The zero-order valence-electron chi connectivity index (χ0n) is 24.4. The van der Waals surface area contributed by atoms with Gasteiger partial charge in [0.25, 0.3) is 0 Å². The molecule has 1 spiro atoms. The number of hydrogen-bond acceptors (Lipinski definition) is 7. The van der Waals surface area contributed by atoms with Gasteiger partial charge in [0.2, 0.25) is 11.7 Å². The average Bonchev–Trinajstić information content (AvgIpc) is 3.55. The molecule has 0 saturated carbocycles. The van der Waals surface area contributed by atoms with Crippen LogP contribution in [0.4, 0.5) is 5.69 Å². The van der Waals surface area contributed by atoms with Crippen LogP contribution < -0.4 is 19.5 Å². The highest BCUT2D eigenvalue weighted by Crippen LogP contribution is 2.62. The molecule has 44 heavy (non-hydrogen) atoms. The fraction of sp³-hybridized carbons (Fsp3) is 0.194. The summed E-state index contributed by atoms with van der Waals surface area (Å²) in [6.07, 6.45) is 3.80. The lowest BCUT2D eigenvalue weighted by Gasteiger charge is -2.38. The second-order valence-electron chi connectivity index (χ2n) is 11.1. The van der Waals surface area contributed by atoms with Crippen LogP contribution in [0.5, 0.6) is 17.2 Å². The molecule has 3 heterocycles. The molecule has 1 fully saturated rings. The van der Waals surface area contributed by atoms with Crippen molar-refractivity contribution < 1.29 is 28.6 Å². The van der Waals surface area contributed by atoms with Crippen LogP contribution in [-0.4, -0.2) is 49.7 Å². The Labute approximate surface area is 254 Å². The number of amides is 1. The van der Waals surface area contributed by atoms with Gasteiger partial charge in [0.1, 0.15) is 11.5 Å². The largest absolute Gasteiger partial charge is 0.493 e. The van der Waals surface area contributed by atoms with Gasteiger partial charge in [-0.15, -0.1) is 0 Å². The van der Waals surface area contributed by atoms with E-state index in [1.54, 1.807) is 36.4 Å². The summed E-state index contributed by atoms with van der Waals surface area (Å²) >= 11 is 0. The van der Waals surface area contributed by atoms with Crippen molar-refractivity contribution in [2.24, 2.45) is 5.92 Å². The number of nitrogens with one attached hydrogen (secondary N) is 1. The Morgan fingerprint density at radius 1 is 0.773 bits per heavy atom. The minimum atomic E-state index is -1.44. The number of methoxy groups -OCH3 is 3. The van der Waals surface area contributed by atoms with E-state index in [0.717, 1.165) is 11.1 Å². The molecule has 1 N–H and O–H groups in total. The predicted molar refractivity (Wildman–Crippen MR) is 165 cm³/mol. The normalized spacial score (nSPS) is 22.6. The molecule has 0 bridgehead atoms. The first kappa shape index (κ1) is 27.5. The van der Waals surface area contributed by atoms with E-state index in [2.05, 4.69) is 5.32 Å². The van der Waals surface area contributed by atoms with Crippen LogP contribution >= 0.6 is 0 Å². The van der Waals surface area contributed by atoms with Gasteiger partial charge in [0.05, 0.1) is 33.3 Å². The van der Waals surface area contributed by atoms with Crippen LogP contribution in [0.15, 0.2) is 97.2 Å². The summed E-state index contributed by atoms with van der Waals surface area (Å²) in [5.41, 5.74) is 2.35. The lowest BCUT2D eigenvalue weighted by atomic mass is 9.62. The summed E-state index contributed by atoms with van der Waals surface area (Å²) < 4.78 is 16.7. The summed E-state index contributed by atoms with van der Waals surface area (Å²) in [5.74, 6) is -1.15. The Morgan fingerprint density at radius 3 is 2.14 bits per heavy atom. The summed E-state index contributed by atoms with van der Waals surface area (Å²) in [7, 11) is 4.45. The second-order valence-corrected chi connectivity index (χ2v) is 11.1. The van der Waals surface area contributed by atoms with Gasteiger partial charge < -0.3 is 24.4 Å². The summed E-state index contributed by atoms with van der Waals surface area (Å²) in [6.45, 7) is 0. The predicted octanol–water partition coefficient (Wildman–Crippen LogP) is 5.69. The molecule has 220 valence electrons. The number of rotatable bonds is 7. The third-order valence-electron chi connectivity index (χ3n) is 9.13. The van der Waals surface area contributed by atoms with Gasteiger partial charge in [-0.05, 0) is 41.0 Å². The molecule has 4 atom stereocenters. The van der Waals surface area contributed by atoms with E-state index in [0.29, 0.717) is 34.1 Å². The maximum atomic E-state index is 15.2. The Bertz CT molecular complexity index is 1830. The van der Waals surface area contributed by atoms with E-state index < -0.39 is 23.4 Å². The number of hydrogen-bond donors (Lipinski definition) is 1. The van der Waals surface area contributed by atoms with Crippen LogP contribution in [-0.2, 0) is 10.2 Å². The van der Waals surface area contributed by atoms with Crippen molar-refractivity contribution in [3.8, 4) is 17.2 Å². The molecule has 3 aliphatic rings. The summed E-state index contributed by atoms with van der Waals surface area (Å²) in [6, 6.07) is 25.7. The van der Waals surface area contributed by atoms with Crippen molar-refractivity contribution in [3.63, 3.8) is 0 Å². The SMILES string of the molecule is COc1cc(C(=O)[C@@H]2[C@H](C(=O)c3ccccc3)N3C=Cc4ccccc4[C@@H]3[C@]23C(=O)Nc2ccccc23)cc(OC)c1OC. The first-order chi connectivity index (χ1) is 21.4. The first-order valence-corrected chi connectivity index (χ1v) is 14.3. The topological polar surface area (TPSA) is 94.2 Å². The number of ketones is 2. The van der Waals surface area contributed by atoms with Crippen molar-refractivity contribution in [1.29, 1.82) is 0 Å². The quantitative estimate of drug-likeness (QED) is 0.278. The molecule has 0 aliphatic carbocycles. The highest BCUT2D eigenvalue weighted by atomic mass is 16.5. The van der Waals surface area contributed by atoms with Crippen LogP contribution in [0.3, 0.4) is 0 Å². The third kappa shape index (κ3) is 3.73. The Balaban J connectivity index is 1.54. The number of ether oxygens (including phenoxy) is 3. The molecule has 4 aromatic rings. The molecule has 7 rings (SSSR count). The monoisotopic (exact) mass is 586 g/mol. The fourth-order valence-corrected chi connectivity index (χ4v) is 7.34. The Kier molecular flexibility index (Phi) is 6.50. The molecule has 4 aromatic carbocycles. The van der Waals surface area contributed by atoms with Crippen molar-refractivity contribution in [2.75, 3.05) is 26.6 Å². The molecule has 1 saturated heterocycles. The molecule has 1 amide bonds. The number of fused-ring (bicyclic) bond motifs is 6. The number of carbonyl (C=O) groups is 3. The second kappa shape index (κ2) is 10.4. The standard InChI is InChI=1S/C36H30N2O6/c1-42-27-19-23(20-28(43-2)33(27)44-3)31(39)29-30(32(40)22-12-5-4-6-13-22)38-18-17-21-11-7-8-14-24(21)34(38)36(29)25-15-9-10-16-26(25)37-35(36)41/h4-20,29-30,34H,1-3H3,(H,37,41)/t29-,30+,34+,36+/m0/s1. The number of nitrogens with zero attached hydrogens (tertiary/aromatic N) is 1. The van der Waals surface area contributed by atoms with Crippen molar-refractivity contribution in [2.45, 2.75) is 17.5 Å². The van der Waals surface area contributed by atoms with E-state index in [9.17, 15) is 9.59 Å². The van der Waals surface area contributed by atoms with Gasteiger partial charge in [-0.2, -0.15) is 0 Å². The smallest absolute Gasteiger partial charge is 0.238 e. The van der Waals surface area contributed by atoms with Crippen LogP contribution in [0.2, 0.25) is 0 Å². The molecule has 3 aliphatic heterocycles. The molecular formula is C36H30N2O6. The molecule has 0 radical (unpaired) electrons. The lowest BCUT2D eigenvalue weighted by molar-refractivity contribution is -0.122. The van der Waals surface area contributed by atoms with Gasteiger partial charge in [-0.25, -0.2) is 0 Å². The molecule has 8 heteroatoms. The van der Waals surface area contributed by atoms with Gasteiger partial charge in [0.15, 0.2) is 23.1 Å². The number of benzene rings is 4. The minimum Gasteiger partial charge on any atom is -0.493 e. The minimum absolute atomic E-state index is 0.240. The van der Waals surface area contributed by atoms with Gasteiger partial charge in [-0.1, -0.05) is 72.8 Å². The van der Waals surface area contributed by atoms with Gasteiger partial charge in [0, 0.05) is 23.0 Å². The van der Waals surface area contributed by atoms with Gasteiger partial charge >= 0.3 is 0 Å². The number of para-hydroxylation sites is 1. The Morgan fingerprint density at radius 2 is 1.43 bits per heavy atom. The number of anilines is 1. The van der Waals surface area contributed by atoms with Crippen molar-refractivity contribution in [3.05, 3.63) is 125 Å². The molecule has 8 nitrogen and oxygen atoms in total. The third-order valence-corrected chi connectivity index (χ3v) is 9.13. The van der Waals surface area contributed by atoms with Crippen LogP contribution in [0, 0.1) is 5.92 Å². The zero-order valence-corrected chi connectivity index (χ0v) is 24.4. The van der Waals surface area contributed by atoms with E-state index in [-0.39, 0.29) is 23.0 Å². The molecular weight excluding hydrogens is 556 g/mol. The fourth-order valence-electron chi connectivity index (χ4n) is 7.34. The molecule has 0 aromatic heterocycles. The first-order valence-electron chi connectivity index (χ1n) is 14.3. The maximum absolute atomic E-state index is 15.2. The van der Waals surface area contributed by atoms with Crippen molar-refractivity contribution >= 4 is 29.2 Å². The molecule has 0 unspecified atom stereocenters. The summed E-state index contributed by atoms with van der Waals surface area (Å²) in [5, 5.41) is 3.07. The zero-order chi connectivity index (χ0) is 30.6. The highest BCUT2D eigenvalue weighted by Gasteiger charge is 2.70. The highest BCUT2D eigenvalue weighted by molar-refractivity contribution is 6.17.